The van der Waals surface area contributed by atoms with Crippen LogP contribution in [0.3, 0.4) is 0 Å². The van der Waals surface area contributed by atoms with Crippen molar-refractivity contribution in [1.29, 1.82) is 0 Å². The molecule has 0 aliphatic heterocycles. The van der Waals surface area contributed by atoms with E-state index in [1.807, 2.05) is 26.0 Å². The standard InChI is InChI=1S/C15H25NO3S/c1-11(2)9-13-5-7-14(8-6-13)20(18,19)16-15(10-17)12(3)4/h5-8,11-12,15-17H,9-10H2,1-4H3/t15-/m1/s1. The summed E-state index contributed by atoms with van der Waals surface area (Å²) in [5.41, 5.74) is 1.13. The van der Waals surface area contributed by atoms with Gasteiger partial charge in [0.05, 0.1) is 11.5 Å². The molecule has 0 bridgehead atoms. The van der Waals surface area contributed by atoms with E-state index < -0.39 is 16.1 Å². The highest BCUT2D eigenvalue weighted by atomic mass is 32.2. The predicted octanol–water partition coefficient (Wildman–Crippen LogP) is 2.18. The zero-order valence-electron chi connectivity index (χ0n) is 12.6. The van der Waals surface area contributed by atoms with Crippen LogP contribution in [0.1, 0.15) is 33.3 Å². The zero-order chi connectivity index (χ0) is 15.3. The Morgan fingerprint density at radius 1 is 1.10 bits per heavy atom. The molecule has 0 aromatic heterocycles. The predicted molar refractivity (Wildman–Crippen MR) is 81.0 cm³/mol. The fraction of sp³-hybridized carbons (Fsp3) is 0.600. The first-order chi connectivity index (χ1) is 9.26. The van der Waals surface area contributed by atoms with Crippen molar-refractivity contribution in [2.75, 3.05) is 6.61 Å². The van der Waals surface area contributed by atoms with Gasteiger partial charge in [-0.3, -0.25) is 0 Å². The molecule has 0 saturated carbocycles. The number of benzene rings is 1. The van der Waals surface area contributed by atoms with Gasteiger partial charge in [0.25, 0.3) is 0 Å². The van der Waals surface area contributed by atoms with Crippen LogP contribution >= 0.6 is 0 Å². The summed E-state index contributed by atoms with van der Waals surface area (Å²) in [6, 6.07) is 6.47. The van der Waals surface area contributed by atoms with Crippen LogP contribution in [0.15, 0.2) is 29.2 Å². The normalized spacial score (nSPS) is 13.9. The van der Waals surface area contributed by atoms with Gasteiger partial charge in [-0.1, -0.05) is 39.8 Å². The molecule has 0 amide bonds. The molecule has 1 aromatic rings. The number of hydrogen-bond acceptors (Lipinski definition) is 3. The molecule has 0 radical (unpaired) electrons. The van der Waals surface area contributed by atoms with Crippen LogP contribution in [0.5, 0.6) is 0 Å². The van der Waals surface area contributed by atoms with Crippen LogP contribution in [0, 0.1) is 11.8 Å². The molecule has 114 valence electrons. The molecule has 0 unspecified atom stereocenters. The van der Waals surface area contributed by atoms with Crippen molar-refractivity contribution in [1.82, 2.24) is 4.72 Å². The Hall–Kier alpha value is -0.910. The van der Waals surface area contributed by atoms with E-state index in [9.17, 15) is 13.5 Å². The number of hydrogen-bond donors (Lipinski definition) is 2. The number of sulfonamides is 1. The monoisotopic (exact) mass is 299 g/mol. The molecular formula is C15H25NO3S. The van der Waals surface area contributed by atoms with Crippen LogP contribution in [-0.4, -0.2) is 26.2 Å². The van der Waals surface area contributed by atoms with E-state index in [0.29, 0.717) is 5.92 Å². The third kappa shape index (κ3) is 4.89. The topological polar surface area (TPSA) is 66.4 Å². The summed E-state index contributed by atoms with van der Waals surface area (Å²) in [7, 11) is -3.57. The Balaban J connectivity index is 2.87. The van der Waals surface area contributed by atoms with Crippen molar-refractivity contribution in [3.05, 3.63) is 29.8 Å². The molecule has 1 rings (SSSR count). The quantitative estimate of drug-likeness (QED) is 0.811. The second-order valence-corrected chi connectivity index (χ2v) is 7.61. The third-order valence-corrected chi connectivity index (χ3v) is 4.69. The molecule has 20 heavy (non-hydrogen) atoms. The number of nitrogens with one attached hydrogen (secondary N) is 1. The molecule has 2 N–H and O–H groups in total. The molecule has 0 heterocycles. The van der Waals surface area contributed by atoms with E-state index >= 15 is 0 Å². The van der Waals surface area contributed by atoms with Crippen LogP contribution in [-0.2, 0) is 16.4 Å². The Morgan fingerprint density at radius 3 is 2.05 bits per heavy atom. The highest BCUT2D eigenvalue weighted by molar-refractivity contribution is 7.89. The summed E-state index contributed by atoms with van der Waals surface area (Å²) >= 11 is 0. The minimum atomic E-state index is -3.57. The van der Waals surface area contributed by atoms with Crippen LogP contribution in [0.2, 0.25) is 0 Å². The molecule has 1 aromatic carbocycles. The van der Waals surface area contributed by atoms with Gasteiger partial charge in [0, 0.05) is 6.04 Å². The summed E-state index contributed by atoms with van der Waals surface area (Å²) in [4.78, 5) is 0.240. The third-order valence-electron chi connectivity index (χ3n) is 3.19. The summed E-state index contributed by atoms with van der Waals surface area (Å²) in [5, 5.41) is 9.22. The van der Waals surface area contributed by atoms with Gasteiger partial charge in [-0.05, 0) is 36.0 Å². The second kappa shape index (κ2) is 7.20. The van der Waals surface area contributed by atoms with E-state index in [-0.39, 0.29) is 17.4 Å². The maximum atomic E-state index is 12.2. The van der Waals surface area contributed by atoms with Gasteiger partial charge in [0.15, 0.2) is 0 Å². The number of rotatable bonds is 7. The summed E-state index contributed by atoms with van der Waals surface area (Å²) in [6.45, 7) is 7.79. The average molecular weight is 299 g/mol. The van der Waals surface area contributed by atoms with E-state index in [4.69, 9.17) is 0 Å². The molecule has 0 spiro atoms. The van der Waals surface area contributed by atoms with Crippen molar-refractivity contribution in [3.8, 4) is 0 Å². The van der Waals surface area contributed by atoms with Crippen molar-refractivity contribution in [2.45, 2.75) is 45.1 Å². The molecule has 0 fully saturated rings. The maximum Gasteiger partial charge on any atom is 0.240 e. The molecule has 0 saturated heterocycles. The fourth-order valence-corrected chi connectivity index (χ4v) is 3.30. The molecule has 1 atom stereocenters. The lowest BCUT2D eigenvalue weighted by Gasteiger charge is -2.20. The highest BCUT2D eigenvalue weighted by Gasteiger charge is 2.21. The summed E-state index contributed by atoms with van der Waals surface area (Å²) in [6.07, 6.45) is 0.930. The van der Waals surface area contributed by atoms with Gasteiger partial charge in [-0.25, -0.2) is 13.1 Å². The Labute approximate surface area is 122 Å². The van der Waals surface area contributed by atoms with Crippen LogP contribution in [0.25, 0.3) is 0 Å². The van der Waals surface area contributed by atoms with Gasteiger partial charge in [-0.2, -0.15) is 0 Å². The lowest BCUT2D eigenvalue weighted by Crippen LogP contribution is -2.41. The van der Waals surface area contributed by atoms with Gasteiger partial charge in [0.2, 0.25) is 10.0 Å². The lowest BCUT2D eigenvalue weighted by atomic mass is 10.0. The van der Waals surface area contributed by atoms with Gasteiger partial charge in [-0.15, -0.1) is 0 Å². The molecule has 4 nitrogen and oxygen atoms in total. The smallest absolute Gasteiger partial charge is 0.240 e. The lowest BCUT2D eigenvalue weighted by molar-refractivity contribution is 0.227. The second-order valence-electron chi connectivity index (χ2n) is 5.90. The van der Waals surface area contributed by atoms with Crippen molar-refractivity contribution >= 4 is 10.0 Å². The molecular weight excluding hydrogens is 274 g/mol. The molecule has 0 aliphatic carbocycles. The molecule has 0 aliphatic rings. The van der Waals surface area contributed by atoms with Gasteiger partial charge >= 0.3 is 0 Å². The summed E-state index contributed by atoms with van der Waals surface area (Å²) in [5.74, 6) is 0.574. The van der Waals surface area contributed by atoms with E-state index in [1.165, 1.54) is 0 Å². The Bertz CT molecular complexity index is 506. The Kier molecular flexibility index (Phi) is 6.17. The average Bonchev–Trinajstić information content (AvgIpc) is 2.35. The minimum Gasteiger partial charge on any atom is -0.395 e. The number of aliphatic hydroxyl groups excluding tert-OH is 1. The maximum absolute atomic E-state index is 12.2. The first-order valence-electron chi connectivity index (χ1n) is 6.98. The fourth-order valence-electron chi connectivity index (χ4n) is 1.93. The van der Waals surface area contributed by atoms with Crippen LogP contribution in [0.4, 0.5) is 0 Å². The zero-order valence-corrected chi connectivity index (χ0v) is 13.4. The SMILES string of the molecule is CC(C)Cc1ccc(S(=O)(=O)N[C@H](CO)C(C)C)cc1. The van der Waals surface area contributed by atoms with E-state index in [0.717, 1.165) is 12.0 Å². The van der Waals surface area contributed by atoms with Gasteiger partial charge in [0.1, 0.15) is 0 Å². The van der Waals surface area contributed by atoms with Crippen molar-refractivity contribution in [3.63, 3.8) is 0 Å². The van der Waals surface area contributed by atoms with E-state index in [1.54, 1.807) is 12.1 Å². The molecule has 5 heteroatoms. The van der Waals surface area contributed by atoms with Gasteiger partial charge < -0.3 is 5.11 Å². The van der Waals surface area contributed by atoms with Crippen molar-refractivity contribution < 1.29 is 13.5 Å². The van der Waals surface area contributed by atoms with Crippen molar-refractivity contribution in [2.24, 2.45) is 11.8 Å². The van der Waals surface area contributed by atoms with E-state index in [2.05, 4.69) is 18.6 Å². The summed E-state index contributed by atoms with van der Waals surface area (Å²) < 4.78 is 27.0. The highest BCUT2D eigenvalue weighted by Crippen LogP contribution is 2.15. The van der Waals surface area contributed by atoms with Crippen LogP contribution < -0.4 is 4.72 Å². The largest absolute Gasteiger partial charge is 0.395 e. The Morgan fingerprint density at radius 2 is 1.65 bits per heavy atom. The first-order valence-corrected chi connectivity index (χ1v) is 8.46. The number of aliphatic hydroxyl groups is 1. The first kappa shape index (κ1) is 17.1. The minimum absolute atomic E-state index is 0.0370.